The molecule has 0 aliphatic heterocycles. The number of carboxylic acid groups (broad SMARTS) is 1. The van der Waals surface area contributed by atoms with Crippen LogP contribution in [0.5, 0.6) is 0 Å². The van der Waals surface area contributed by atoms with E-state index in [9.17, 15) is 49.1 Å². The molecule has 1 rings (SSSR count). The molecular formula is C14H12F6O6S. The Morgan fingerprint density at radius 1 is 0.926 bits per heavy atom. The van der Waals surface area contributed by atoms with Gasteiger partial charge in [-0.15, -0.1) is 0 Å². The number of alkyl halides is 6. The van der Waals surface area contributed by atoms with Crippen molar-refractivity contribution in [3.8, 4) is 0 Å². The molecule has 0 saturated heterocycles. The predicted octanol–water partition coefficient (Wildman–Crippen LogP) is 2.82. The van der Waals surface area contributed by atoms with Crippen LogP contribution in [-0.2, 0) is 19.4 Å². The summed E-state index contributed by atoms with van der Waals surface area (Å²) in [6, 6.07) is 5.37. The Balaban J connectivity index is 0.000000516. The third-order valence-corrected chi connectivity index (χ3v) is 4.90. The van der Waals surface area contributed by atoms with Crippen molar-refractivity contribution in [2.24, 2.45) is 0 Å². The lowest BCUT2D eigenvalue weighted by molar-refractivity contribution is -0.193. The summed E-state index contributed by atoms with van der Waals surface area (Å²) < 4.78 is 90.4. The quantitative estimate of drug-likeness (QED) is 0.591. The molecule has 1 aromatic carbocycles. The first-order chi connectivity index (χ1) is 11.9. The van der Waals surface area contributed by atoms with Gasteiger partial charge in [0.2, 0.25) is 0 Å². The van der Waals surface area contributed by atoms with Gasteiger partial charge in [-0.3, -0.25) is 9.59 Å². The summed E-state index contributed by atoms with van der Waals surface area (Å²) in [5.41, 5.74) is -0.0169. The molecule has 27 heavy (non-hydrogen) atoms. The monoisotopic (exact) mass is 422 g/mol. The molecule has 0 saturated carbocycles. The van der Waals surface area contributed by atoms with Crippen LogP contribution in [0, 0.1) is 0 Å². The van der Waals surface area contributed by atoms with Crippen LogP contribution in [0.4, 0.5) is 26.3 Å². The minimum atomic E-state index is -5.77. The first-order valence-corrected chi connectivity index (χ1v) is 8.27. The molecule has 13 heteroatoms. The van der Waals surface area contributed by atoms with Crippen molar-refractivity contribution in [2.75, 3.05) is 0 Å². The van der Waals surface area contributed by atoms with E-state index in [-0.39, 0.29) is 10.5 Å². The van der Waals surface area contributed by atoms with E-state index in [4.69, 9.17) is 5.11 Å². The van der Waals surface area contributed by atoms with Crippen LogP contribution in [0.1, 0.15) is 24.2 Å². The van der Waals surface area contributed by atoms with E-state index in [1.807, 2.05) is 0 Å². The minimum Gasteiger partial charge on any atom is -0.478 e. The third kappa shape index (κ3) is 7.00. The zero-order chi connectivity index (χ0) is 21.8. The van der Waals surface area contributed by atoms with Crippen LogP contribution in [0.25, 0.3) is 0 Å². The molecule has 0 atom stereocenters. The predicted molar refractivity (Wildman–Crippen MR) is 77.8 cm³/mol. The lowest BCUT2D eigenvalue weighted by Crippen LogP contribution is -2.39. The summed E-state index contributed by atoms with van der Waals surface area (Å²) >= 11 is 0. The topological polar surface area (TPSA) is 106 Å². The molecule has 0 unspecified atom stereocenters. The van der Waals surface area contributed by atoms with Crippen molar-refractivity contribution < 1.29 is 54.3 Å². The first-order valence-electron chi connectivity index (χ1n) is 6.72. The molecular weight excluding hydrogens is 410 g/mol. The van der Waals surface area contributed by atoms with E-state index in [2.05, 4.69) is 0 Å². The number of aromatic carboxylic acids is 1. The number of hydrogen-bond donors (Lipinski definition) is 1. The van der Waals surface area contributed by atoms with E-state index in [0.717, 1.165) is 0 Å². The molecule has 0 aliphatic carbocycles. The number of halogens is 6. The molecule has 6 nitrogen and oxygen atoms in total. The fraction of sp³-hybridized carbons (Fsp3) is 0.357. The van der Waals surface area contributed by atoms with E-state index in [1.165, 1.54) is 24.3 Å². The maximum Gasteiger partial charge on any atom is 0.458 e. The number of carbonyl (C=O) groups is 3. The van der Waals surface area contributed by atoms with Gasteiger partial charge in [0.25, 0.3) is 0 Å². The highest BCUT2D eigenvalue weighted by Crippen LogP contribution is 2.24. The van der Waals surface area contributed by atoms with Crippen LogP contribution in [0.15, 0.2) is 29.2 Å². The Morgan fingerprint density at radius 2 is 1.33 bits per heavy atom. The van der Waals surface area contributed by atoms with Gasteiger partial charge in [-0.05, 0) is 32.0 Å². The van der Waals surface area contributed by atoms with Gasteiger partial charge in [0, 0.05) is 0 Å². The van der Waals surface area contributed by atoms with Gasteiger partial charge in [-0.25, -0.2) is 13.2 Å². The number of ketones is 2. The zero-order valence-electron chi connectivity index (χ0n) is 13.6. The van der Waals surface area contributed by atoms with Crippen molar-refractivity contribution in [1.82, 2.24) is 0 Å². The molecule has 0 amide bonds. The van der Waals surface area contributed by atoms with Gasteiger partial charge >= 0.3 is 29.9 Å². The Bertz CT molecular complexity index is 799. The van der Waals surface area contributed by atoms with Gasteiger partial charge in [-0.2, -0.15) is 26.3 Å². The van der Waals surface area contributed by atoms with E-state index in [0.29, 0.717) is 0 Å². The summed E-state index contributed by atoms with van der Waals surface area (Å²) in [5, 5.41) is 8.16. The Morgan fingerprint density at radius 3 is 1.63 bits per heavy atom. The van der Waals surface area contributed by atoms with Gasteiger partial charge in [0.05, 0.1) is 15.7 Å². The van der Waals surface area contributed by atoms with E-state index < -0.39 is 45.0 Å². The summed E-state index contributed by atoms with van der Waals surface area (Å²) in [6.07, 6.45) is -11.5. The summed E-state index contributed by atoms with van der Waals surface area (Å²) in [4.78, 5) is 29.9. The van der Waals surface area contributed by atoms with Gasteiger partial charge in [0.15, 0.2) is 9.84 Å². The Hall–Kier alpha value is -2.44. The highest BCUT2D eigenvalue weighted by atomic mass is 32.2. The molecule has 0 aromatic heterocycles. The number of rotatable bonds is 4. The molecule has 0 aliphatic rings. The average Bonchev–Trinajstić information content (AvgIpc) is 2.52. The largest absolute Gasteiger partial charge is 0.478 e. The first kappa shape index (κ1) is 24.6. The van der Waals surface area contributed by atoms with E-state index in [1.54, 1.807) is 13.8 Å². The van der Waals surface area contributed by atoms with Gasteiger partial charge in [0.1, 0.15) is 0 Å². The molecule has 0 bridgehead atoms. The van der Waals surface area contributed by atoms with Crippen LogP contribution in [0.3, 0.4) is 0 Å². The fourth-order valence-corrected chi connectivity index (χ4v) is 2.44. The zero-order valence-corrected chi connectivity index (χ0v) is 14.4. The van der Waals surface area contributed by atoms with Crippen molar-refractivity contribution >= 4 is 27.4 Å². The maximum absolute atomic E-state index is 11.7. The fourth-order valence-electron chi connectivity index (χ4n) is 1.34. The third-order valence-electron chi connectivity index (χ3n) is 2.75. The Kier molecular flexibility index (Phi) is 7.73. The molecule has 0 heterocycles. The maximum atomic E-state index is 11.7. The lowest BCUT2D eigenvalue weighted by Gasteiger charge is -2.07. The highest BCUT2D eigenvalue weighted by Gasteiger charge is 2.54. The normalized spacial score (nSPS) is 12.2. The van der Waals surface area contributed by atoms with Gasteiger partial charge in [-0.1, -0.05) is 6.07 Å². The van der Waals surface area contributed by atoms with Crippen LogP contribution >= 0.6 is 0 Å². The summed E-state index contributed by atoms with van der Waals surface area (Å²) in [7, 11) is -3.40. The Labute approximate surface area is 148 Å². The second kappa shape index (κ2) is 8.50. The van der Waals surface area contributed by atoms with Crippen molar-refractivity contribution in [3.05, 3.63) is 29.8 Å². The number of hydrogen-bond acceptors (Lipinski definition) is 5. The number of Topliss-reactive ketones (excluding diaryl/α,β-unsaturated/α-hetero) is 2. The van der Waals surface area contributed by atoms with Gasteiger partial charge < -0.3 is 5.11 Å². The second-order valence-corrected chi connectivity index (χ2v) is 7.58. The van der Waals surface area contributed by atoms with Crippen molar-refractivity contribution in [1.29, 1.82) is 0 Å². The second-order valence-electron chi connectivity index (χ2n) is 5.08. The molecule has 1 N–H and O–H groups in total. The molecule has 0 fully saturated rings. The number of carboxylic acids is 1. The summed E-state index contributed by atoms with van der Waals surface area (Å²) in [5.74, 6) is -7.94. The van der Waals surface area contributed by atoms with Crippen LogP contribution in [-0.4, -0.2) is 48.7 Å². The highest BCUT2D eigenvalue weighted by molar-refractivity contribution is 7.92. The summed E-state index contributed by atoms with van der Waals surface area (Å²) in [6.45, 7) is 3.12. The molecule has 0 radical (unpaired) electrons. The standard InChI is InChI=1S/C10H12O4S.C4F6O2/c1-7(2)15(13,14)9-5-3-4-8(6-9)10(11)12;5-3(6,7)1(11)2(12)4(8,9)10/h3-7H,1-2H3,(H,11,12);. The average molecular weight is 422 g/mol. The number of sulfone groups is 1. The molecule has 0 spiro atoms. The molecule has 1 aromatic rings. The van der Waals surface area contributed by atoms with Crippen molar-refractivity contribution in [3.63, 3.8) is 0 Å². The van der Waals surface area contributed by atoms with Crippen LogP contribution in [0.2, 0.25) is 0 Å². The van der Waals surface area contributed by atoms with Crippen molar-refractivity contribution in [2.45, 2.75) is 36.3 Å². The smallest absolute Gasteiger partial charge is 0.458 e. The number of benzene rings is 1. The lowest BCUT2D eigenvalue weighted by atomic mass is 10.2. The SMILES string of the molecule is CC(C)S(=O)(=O)c1cccc(C(=O)O)c1.O=C(C(=O)C(F)(F)F)C(F)(F)F. The number of carbonyl (C=O) groups excluding carboxylic acids is 2. The van der Waals surface area contributed by atoms with E-state index >= 15 is 0 Å². The van der Waals surface area contributed by atoms with Crippen LogP contribution < -0.4 is 0 Å². The molecule has 152 valence electrons. The minimum absolute atomic E-state index is 0.0169.